The molecule has 0 atom stereocenters. The molecule has 0 radical (unpaired) electrons. The summed E-state index contributed by atoms with van der Waals surface area (Å²) in [4.78, 5) is 42.3. The molecule has 3 aromatic rings. The Kier molecular flexibility index (Phi) is 6.26. The van der Waals surface area contributed by atoms with Crippen LogP contribution in [-0.4, -0.2) is 57.8 Å². The second-order valence-electron chi connectivity index (χ2n) is 9.33. The van der Waals surface area contributed by atoms with Crippen molar-refractivity contribution in [2.75, 3.05) is 42.1 Å². The number of carbonyl (C=O) groups is 2. The lowest BCUT2D eigenvalue weighted by molar-refractivity contribution is 0.0402. The number of nitrogens with zero attached hydrogens (tertiary/aromatic N) is 5. The second-order valence-corrected chi connectivity index (χ2v) is 9.33. The van der Waals surface area contributed by atoms with Crippen molar-refractivity contribution >= 4 is 29.1 Å². The topological polar surface area (TPSA) is 117 Å². The Balaban J connectivity index is 1.24. The van der Waals surface area contributed by atoms with E-state index < -0.39 is 5.67 Å². The first kappa shape index (κ1) is 23.7. The summed E-state index contributed by atoms with van der Waals surface area (Å²) < 4.78 is 15.5. The van der Waals surface area contributed by atoms with Crippen molar-refractivity contribution in [3.63, 3.8) is 0 Å². The summed E-state index contributed by atoms with van der Waals surface area (Å²) in [5.41, 5.74) is 6.99. The minimum Gasteiger partial charge on any atom is -0.397 e. The number of rotatable bonds is 5. The maximum absolute atomic E-state index is 15.5. The molecule has 2 aromatic heterocycles. The molecule has 10 heteroatoms. The van der Waals surface area contributed by atoms with Crippen LogP contribution in [0.15, 0.2) is 48.9 Å². The lowest BCUT2D eigenvalue weighted by atomic mass is 9.89. The zero-order chi connectivity index (χ0) is 25.3. The van der Waals surface area contributed by atoms with Gasteiger partial charge in [-0.25, -0.2) is 14.4 Å². The third-order valence-electron chi connectivity index (χ3n) is 6.86. The highest BCUT2D eigenvalue weighted by Crippen LogP contribution is 2.36. The highest BCUT2D eigenvalue weighted by atomic mass is 19.1. The number of anilines is 3. The molecule has 3 N–H and O–H groups in total. The monoisotopic (exact) mass is 489 g/mol. The highest BCUT2D eigenvalue weighted by molar-refractivity contribution is 6.05. The van der Waals surface area contributed by atoms with Gasteiger partial charge in [-0.2, -0.15) is 0 Å². The molecule has 2 fully saturated rings. The van der Waals surface area contributed by atoms with Gasteiger partial charge in [-0.15, -0.1) is 0 Å². The minimum atomic E-state index is -1.59. The molecular formula is C26H28FN7O2. The SMILES string of the molecule is Cc1ccc(C(=O)N2CCC(F)(c3ccc(N)cn3)CC2)cc1NC(=O)c1cnc(N2CCC2)nc1. The maximum atomic E-state index is 15.5. The largest absolute Gasteiger partial charge is 0.397 e. The fourth-order valence-corrected chi connectivity index (χ4v) is 4.38. The van der Waals surface area contributed by atoms with E-state index in [0.29, 0.717) is 34.1 Å². The fourth-order valence-electron chi connectivity index (χ4n) is 4.38. The molecule has 36 heavy (non-hydrogen) atoms. The number of piperidine rings is 1. The maximum Gasteiger partial charge on any atom is 0.258 e. The van der Waals surface area contributed by atoms with Crippen molar-refractivity contribution in [2.45, 2.75) is 31.9 Å². The van der Waals surface area contributed by atoms with E-state index in [4.69, 9.17) is 5.73 Å². The van der Waals surface area contributed by atoms with Crippen molar-refractivity contribution in [3.8, 4) is 0 Å². The first-order valence-electron chi connectivity index (χ1n) is 12.0. The number of hydrogen-bond donors (Lipinski definition) is 2. The zero-order valence-electron chi connectivity index (χ0n) is 20.1. The molecule has 0 bridgehead atoms. The molecule has 0 saturated carbocycles. The van der Waals surface area contributed by atoms with Crippen molar-refractivity contribution in [2.24, 2.45) is 0 Å². The van der Waals surface area contributed by atoms with Crippen molar-refractivity contribution in [3.05, 3.63) is 71.3 Å². The fraction of sp³-hybridized carbons (Fsp3) is 0.346. The van der Waals surface area contributed by atoms with Crippen molar-refractivity contribution in [1.82, 2.24) is 19.9 Å². The van der Waals surface area contributed by atoms with E-state index in [0.717, 1.165) is 25.1 Å². The summed E-state index contributed by atoms with van der Waals surface area (Å²) in [7, 11) is 0. The van der Waals surface area contributed by atoms with Gasteiger partial charge in [0, 0.05) is 62.7 Å². The lowest BCUT2D eigenvalue weighted by Gasteiger charge is -2.36. The van der Waals surface area contributed by atoms with E-state index >= 15 is 4.39 Å². The molecule has 2 amide bonds. The average molecular weight is 490 g/mol. The van der Waals surface area contributed by atoms with Gasteiger partial charge in [0.1, 0.15) is 0 Å². The number of hydrogen-bond acceptors (Lipinski definition) is 7. The summed E-state index contributed by atoms with van der Waals surface area (Å²) in [5, 5.41) is 2.86. The smallest absolute Gasteiger partial charge is 0.258 e. The predicted molar refractivity (Wildman–Crippen MR) is 135 cm³/mol. The van der Waals surface area contributed by atoms with E-state index in [1.54, 1.807) is 35.2 Å². The number of nitrogens with one attached hydrogen (secondary N) is 1. The Bertz CT molecular complexity index is 1270. The van der Waals surface area contributed by atoms with E-state index in [-0.39, 0.29) is 37.7 Å². The second kappa shape index (κ2) is 9.52. The number of nitrogen functional groups attached to an aromatic ring is 1. The molecule has 0 aliphatic carbocycles. The molecule has 2 aliphatic rings. The van der Waals surface area contributed by atoms with Crippen molar-refractivity contribution < 1.29 is 14.0 Å². The number of nitrogens with two attached hydrogens (primary N) is 1. The van der Waals surface area contributed by atoms with E-state index in [1.165, 1.54) is 18.6 Å². The van der Waals surface area contributed by atoms with Gasteiger partial charge >= 0.3 is 0 Å². The van der Waals surface area contributed by atoms with Gasteiger partial charge in [0.2, 0.25) is 5.95 Å². The summed E-state index contributed by atoms with van der Waals surface area (Å²) in [6.07, 6.45) is 5.88. The normalized spacial score (nSPS) is 16.8. The van der Waals surface area contributed by atoms with Gasteiger partial charge in [0.25, 0.3) is 11.8 Å². The van der Waals surface area contributed by atoms with Crippen LogP contribution in [0.25, 0.3) is 0 Å². The molecule has 4 heterocycles. The van der Waals surface area contributed by atoms with Crippen LogP contribution in [0.5, 0.6) is 0 Å². The number of carbonyl (C=O) groups excluding carboxylic acids is 2. The van der Waals surface area contributed by atoms with Crippen LogP contribution in [0.4, 0.5) is 21.7 Å². The van der Waals surface area contributed by atoms with Crippen LogP contribution < -0.4 is 16.0 Å². The first-order valence-corrected chi connectivity index (χ1v) is 12.0. The van der Waals surface area contributed by atoms with Gasteiger partial charge < -0.3 is 20.9 Å². The predicted octanol–water partition coefficient (Wildman–Crippen LogP) is 3.33. The molecule has 0 spiro atoms. The minimum absolute atomic E-state index is 0.151. The van der Waals surface area contributed by atoms with Crippen LogP contribution in [0, 0.1) is 6.92 Å². The van der Waals surface area contributed by atoms with Gasteiger partial charge in [0.15, 0.2) is 5.67 Å². The number of pyridine rings is 1. The first-order chi connectivity index (χ1) is 17.3. The Morgan fingerprint density at radius 1 is 0.972 bits per heavy atom. The Hall–Kier alpha value is -4.08. The Labute approximate surface area is 208 Å². The van der Waals surface area contributed by atoms with Crippen LogP contribution >= 0.6 is 0 Å². The van der Waals surface area contributed by atoms with Crippen molar-refractivity contribution in [1.29, 1.82) is 0 Å². The summed E-state index contributed by atoms with van der Waals surface area (Å²) in [6.45, 7) is 4.22. The van der Waals surface area contributed by atoms with Gasteiger partial charge in [0.05, 0.1) is 23.1 Å². The quantitative estimate of drug-likeness (QED) is 0.565. The third kappa shape index (κ3) is 4.71. The number of aromatic nitrogens is 3. The Morgan fingerprint density at radius 2 is 1.69 bits per heavy atom. The van der Waals surface area contributed by atoms with Crippen LogP contribution in [0.1, 0.15) is 51.2 Å². The van der Waals surface area contributed by atoms with E-state index in [2.05, 4.69) is 20.3 Å². The summed E-state index contributed by atoms with van der Waals surface area (Å²) >= 11 is 0. The summed E-state index contributed by atoms with van der Waals surface area (Å²) in [5.74, 6) is 0.0571. The van der Waals surface area contributed by atoms with E-state index in [9.17, 15) is 9.59 Å². The molecule has 2 saturated heterocycles. The molecule has 9 nitrogen and oxygen atoms in total. The number of alkyl halides is 1. The van der Waals surface area contributed by atoms with Gasteiger partial charge in [-0.1, -0.05) is 6.07 Å². The average Bonchev–Trinajstić information content (AvgIpc) is 2.85. The van der Waals surface area contributed by atoms with E-state index in [1.807, 2.05) is 11.8 Å². The third-order valence-corrected chi connectivity index (χ3v) is 6.86. The molecule has 186 valence electrons. The number of aryl methyl sites for hydroxylation is 1. The molecule has 5 rings (SSSR count). The number of halogens is 1. The molecule has 1 aromatic carbocycles. The molecule has 0 unspecified atom stereocenters. The Morgan fingerprint density at radius 3 is 2.31 bits per heavy atom. The molecular weight excluding hydrogens is 461 g/mol. The van der Waals surface area contributed by atoms with Crippen LogP contribution in [0.2, 0.25) is 0 Å². The number of benzene rings is 1. The zero-order valence-corrected chi connectivity index (χ0v) is 20.1. The highest BCUT2D eigenvalue weighted by Gasteiger charge is 2.39. The standard InChI is InChI=1S/C26H28FN7O2/c1-17-3-4-18(13-21(17)32-23(35)19-14-30-25(31-15-19)34-9-2-10-34)24(36)33-11-7-26(27,8-12-33)22-6-5-20(28)16-29-22/h3-6,13-16H,2,7-12,28H2,1H3,(H,32,35). The molecule has 2 aliphatic heterocycles. The van der Waals surface area contributed by atoms with Crippen LogP contribution in [0.3, 0.4) is 0 Å². The van der Waals surface area contributed by atoms with Gasteiger partial charge in [-0.3, -0.25) is 14.6 Å². The van der Waals surface area contributed by atoms with Gasteiger partial charge in [-0.05, 0) is 43.2 Å². The number of amides is 2. The lowest BCUT2D eigenvalue weighted by Crippen LogP contribution is -2.43. The summed E-state index contributed by atoms with van der Waals surface area (Å²) in [6, 6.07) is 8.40. The van der Waals surface area contributed by atoms with Crippen LogP contribution in [-0.2, 0) is 5.67 Å². The number of likely N-dealkylation sites (tertiary alicyclic amines) is 1.